The van der Waals surface area contributed by atoms with Gasteiger partial charge in [-0.25, -0.2) is 0 Å². The van der Waals surface area contributed by atoms with Gasteiger partial charge in [0.1, 0.15) is 18.2 Å². The fraction of sp³-hybridized carbons (Fsp3) is 0.118. The number of rotatable bonds is 3. The van der Waals surface area contributed by atoms with E-state index in [0.29, 0.717) is 34.7 Å². The number of carbonyl (C=O) groups is 1. The number of benzene rings is 2. The van der Waals surface area contributed by atoms with Gasteiger partial charge in [-0.15, -0.1) is 10.2 Å². The highest BCUT2D eigenvalue weighted by atomic mass is 32.1. The van der Waals surface area contributed by atoms with E-state index in [0.717, 1.165) is 11.3 Å². The zero-order valence-electron chi connectivity index (χ0n) is 12.6. The molecule has 0 radical (unpaired) electrons. The molecule has 0 spiro atoms. The second kappa shape index (κ2) is 6.29. The number of nitrogens with one attached hydrogen (secondary N) is 1. The molecule has 7 heteroatoms. The molecule has 0 unspecified atom stereocenters. The Morgan fingerprint density at radius 3 is 2.62 bits per heavy atom. The maximum atomic E-state index is 12.1. The Kier molecular flexibility index (Phi) is 3.84. The summed E-state index contributed by atoms with van der Waals surface area (Å²) >= 11 is 1.31. The molecule has 0 aliphatic carbocycles. The molecule has 0 fully saturated rings. The van der Waals surface area contributed by atoms with Gasteiger partial charge in [-0.05, 0) is 30.3 Å². The predicted octanol–water partition coefficient (Wildman–Crippen LogP) is 3.23. The molecule has 0 bridgehead atoms. The van der Waals surface area contributed by atoms with Crippen LogP contribution in [0, 0.1) is 0 Å². The number of anilines is 1. The average Bonchev–Trinajstić information content (AvgIpc) is 3.10. The minimum atomic E-state index is -0.208. The second-order valence-electron chi connectivity index (χ2n) is 5.09. The Morgan fingerprint density at radius 1 is 1.00 bits per heavy atom. The lowest BCUT2D eigenvalue weighted by molar-refractivity contribution is 0.102. The monoisotopic (exact) mass is 339 g/mol. The highest BCUT2D eigenvalue weighted by molar-refractivity contribution is 7.18. The van der Waals surface area contributed by atoms with Crippen LogP contribution in [0.1, 0.15) is 10.4 Å². The number of amides is 1. The molecule has 4 rings (SSSR count). The molecule has 24 heavy (non-hydrogen) atoms. The zero-order chi connectivity index (χ0) is 16.4. The maximum Gasteiger partial charge on any atom is 0.257 e. The van der Waals surface area contributed by atoms with Crippen LogP contribution in [0.4, 0.5) is 5.13 Å². The summed E-state index contributed by atoms with van der Waals surface area (Å²) in [6.45, 7) is 1.09. The SMILES string of the molecule is O=C(Nc1nnc(-c2ccc3c(c2)OCCO3)s1)c1ccccc1. The first-order valence-electron chi connectivity index (χ1n) is 7.39. The quantitative estimate of drug-likeness (QED) is 0.793. The van der Waals surface area contributed by atoms with Crippen molar-refractivity contribution in [3.8, 4) is 22.1 Å². The number of nitrogens with zero attached hydrogens (tertiary/aromatic N) is 2. The molecule has 1 aliphatic rings. The first kappa shape index (κ1) is 14.6. The topological polar surface area (TPSA) is 73.3 Å². The molecule has 6 nitrogen and oxygen atoms in total. The summed E-state index contributed by atoms with van der Waals surface area (Å²) in [5.41, 5.74) is 1.45. The summed E-state index contributed by atoms with van der Waals surface area (Å²) in [5, 5.41) is 12.1. The van der Waals surface area contributed by atoms with Crippen LogP contribution in [0.25, 0.3) is 10.6 Å². The van der Waals surface area contributed by atoms with Crippen molar-refractivity contribution in [2.75, 3.05) is 18.5 Å². The zero-order valence-corrected chi connectivity index (χ0v) is 13.4. The van der Waals surface area contributed by atoms with E-state index in [4.69, 9.17) is 9.47 Å². The number of fused-ring (bicyclic) bond motifs is 1. The lowest BCUT2D eigenvalue weighted by Crippen LogP contribution is -2.15. The number of aromatic nitrogens is 2. The van der Waals surface area contributed by atoms with Gasteiger partial charge in [0.05, 0.1) is 0 Å². The Hall–Kier alpha value is -2.93. The third kappa shape index (κ3) is 2.93. The van der Waals surface area contributed by atoms with E-state index in [1.165, 1.54) is 11.3 Å². The number of ether oxygens (including phenoxy) is 2. The maximum absolute atomic E-state index is 12.1. The van der Waals surface area contributed by atoms with E-state index in [-0.39, 0.29) is 5.91 Å². The van der Waals surface area contributed by atoms with E-state index in [9.17, 15) is 4.79 Å². The third-order valence-corrected chi connectivity index (χ3v) is 4.36. The van der Waals surface area contributed by atoms with Crippen molar-refractivity contribution in [3.63, 3.8) is 0 Å². The summed E-state index contributed by atoms with van der Waals surface area (Å²) < 4.78 is 11.1. The summed E-state index contributed by atoms with van der Waals surface area (Å²) in [4.78, 5) is 12.1. The molecule has 1 amide bonds. The molecule has 1 aliphatic heterocycles. The molecule has 3 aromatic rings. The smallest absolute Gasteiger partial charge is 0.257 e. The molecule has 1 N–H and O–H groups in total. The summed E-state index contributed by atoms with van der Waals surface area (Å²) in [6, 6.07) is 14.6. The first-order valence-corrected chi connectivity index (χ1v) is 8.21. The van der Waals surface area contributed by atoms with E-state index < -0.39 is 0 Å². The summed E-state index contributed by atoms with van der Waals surface area (Å²) in [5.74, 6) is 1.22. The lowest BCUT2D eigenvalue weighted by atomic mass is 10.2. The van der Waals surface area contributed by atoms with Crippen molar-refractivity contribution in [1.29, 1.82) is 0 Å². The van der Waals surface area contributed by atoms with Crippen LogP contribution in [0.2, 0.25) is 0 Å². The van der Waals surface area contributed by atoms with E-state index in [2.05, 4.69) is 15.5 Å². The summed E-state index contributed by atoms with van der Waals surface area (Å²) in [6.07, 6.45) is 0. The van der Waals surface area contributed by atoms with Crippen molar-refractivity contribution >= 4 is 22.4 Å². The largest absolute Gasteiger partial charge is 0.486 e. The molecular formula is C17H13N3O3S. The molecule has 2 heterocycles. The van der Waals surface area contributed by atoms with Crippen molar-refractivity contribution in [2.24, 2.45) is 0 Å². The molecular weight excluding hydrogens is 326 g/mol. The van der Waals surface area contributed by atoms with E-state index in [1.54, 1.807) is 12.1 Å². The van der Waals surface area contributed by atoms with E-state index in [1.807, 2.05) is 36.4 Å². The molecule has 0 atom stereocenters. The number of hydrogen-bond donors (Lipinski definition) is 1. The summed E-state index contributed by atoms with van der Waals surface area (Å²) in [7, 11) is 0. The van der Waals surface area contributed by atoms with Crippen LogP contribution in [0.3, 0.4) is 0 Å². The molecule has 2 aromatic carbocycles. The first-order chi connectivity index (χ1) is 11.8. The van der Waals surface area contributed by atoms with Gasteiger partial charge in [0.15, 0.2) is 11.5 Å². The van der Waals surface area contributed by atoms with Crippen molar-refractivity contribution in [1.82, 2.24) is 10.2 Å². The average molecular weight is 339 g/mol. The normalized spacial score (nSPS) is 12.7. The lowest BCUT2D eigenvalue weighted by Gasteiger charge is -2.18. The van der Waals surface area contributed by atoms with Crippen LogP contribution in [-0.4, -0.2) is 29.3 Å². The fourth-order valence-electron chi connectivity index (χ4n) is 2.33. The number of carbonyl (C=O) groups excluding carboxylic acids is 1. The molecule has 120 valence electrons. The van der Waals surface area contributed by atoms with Crippen LogP contribution in [0.15, 0.2) is 48.5 Å². The minimum Gasteiger partial charge on any atom is -0.486 e. The third-order valence-electron chi connectivity index (χ3n) is 3.47. The minimum absolute atomic E-state index is 0.208. The highest BCUT2D eigenvalue weighted by Gasteiger charge is 2.15. The number of hydrogen-bond acceptors (Lipinski definition) is 6. The van der Waals surface area contributed by atoms with Crippen LogP contribution >= 0.6 is 11.3 Å². The fourth-order valence-corrected chi connectivity index (χ4v) is 3.06. The second-order valence-corrected chi connectivity index (χ2v) is 6.07. The van der Waals surface area contributed by atoms with Gasteiger partial charge < -0.3 is 9.47 Å². The van der Waals surface area contributed by atoms with Crippen molar-refractivity contribution in [2.45, 2.75) is 0 Å². The van der Waals surface area contributed by atoms with Crippen molar-refractivity contribution in [3.05, 3.63) is 54.1 Å². The Bertz CT molecular complexity index is 880. The Morgan fingerprint density at radius 2 is 1.79 bits per heavy atom. The van der Waals surface area contributed by atoms with Gasteiger partial charge in [0, 0.05) is 11.1 Å². The Balaban J connectivity index is 1.53. The van der Waals surface area contributed by atoms with Gasteiger partial charge in [0.2, 0.25) is 5.13 Å². The van der Waals surface area contributed by atoms with Gasteiger partial charge in [-0.1, -0.05) is 29.5 Å². The molecule has 0 saturated heterocycles. The van der Waals surface area contributed by atoms with E-state index >= 15 is 0 Å². The molecule has 1 aromatic heterocycles. The van der Waals surface area contributed by atoms with Crippen LogP contribution in [-0.2, 0) is 0 Å². The Labute approximate surface area is 142 Å². The van der Waals surface area contributed by atoms with Crippen molar-refractivity contribution < 1.29 is 14.3 Å². The highest BCUT2D eigenvalue weighted by Crippen LogP contribution is 2.36. The molecule has 0 saturated carbocycles. The van der Waals surface area contributed by atoms with Gasteiger partial charge in [-0.3, -0.25) is 10.1 Å². The van der Waals surface area contributed by atoms with Gasteiger partial charge >= 0.3 is 0 Å². The standard InChI is InChI=1S/C17H13N3O3S/c21-15(11-4-2-1-3-5-11)18-17-20-19-16(24-17)12-6-7-13-14(10-12)23-9-8-22-13/h1-7,10H,8-9H2,(H,18,20,21). The van der Waals surface area contributed by atoms with Crippen LogP contribution < -0.4 is 14.8 Å². The van der Waals surface area contributed by atoms with Gasteiger partial charge in [0.25, 0.3) is 5.91 Å². The predicted molar refractivity (Wildman–Crippen MR) is 90.7 cm³/mol. The van der Waals surface area contributed by atoms with Gasteiger partial charge in [-0.2, -0.15) is 0 Å². The van der Waals surface area contributed by atoms with Crippen LogP contribution in [0.5, 0.6) is 11.5 Å².